The van der Waals surface area contributed by atoms with E-state index in [4.69, 9.17) is 0 Å². The molecule has 0 aliphatic rings. The van der Waals surface area contributed by atoms with Crippen molar-refractivity contribution in [1.29, 1.82) is 0 Å². The highest BCUT2D eigenvalue weighted by Crippen LogP contribution is 2.14. The quantitative estimate of drug-likeness (QED) is 0.690. The number of fused-ring (bicyclic) bond motifs is 1. The zero-order valence-electron chi connectivity index (χ0n) is 15.1. The van der Waals surface area contributed by atoms with Gasteiger partial charge in [-0.25, -0.2) is 4.98 Å². The molecule has 0 aliphatic heterocycles. The number of carbonyl (C=O) groups excluding carboxylic acids is 1. The maximum atomic E-state index is 12.7. The van der Waals surface area contributed by atoms with Crippen LogP contribution in [0, 0.1) is 0 Å². The molecule has 0 atom stereocenters. The van der Waals surface area contributed by atoms with E-state index in [1.807, 2.05) is 38.1 Å². The molecule has 0 fully saturated rings. The van der Waals surface area contributed by atoms with Crippen molar-refractivity contribution in [1.82, 2.24) is 14.9 Å². The SMILES string of the molecule is CC(C)N(Cc1nc2ccccc2c(=O)[nH]1)C(=O)CCCc1cccs1. The summed E-state index contributed by atoms with van der Waals surface area (Å²) < 4.78 is 0. The first-order valence-corrected chi connectivity index (χ1v) is 9.72. The largest absolute Gasteiger partial charge is 0.333 e. The molecule has 26 heavy (non-hydrogen) atoms. The molecule has 136 valence electrons. The van der Waals surface area contributed by atoms with Crippen molar-refractivity contribution in [3.8, 4) is 0 Å². The van der Waals surface area contributed by atoms with E-state index in [2.05, 4.69) is 21.4 Å². The van der Waals surface area contributed by atoms with Crippen LogP contribution in [0.4, 0.5) is 0 Å². The van der Waals surface area contributed by atoms with Crippen molar-refractivity contribution in [3.05, 3.63) is 62.8 Å². The lowest BCUT2D eigenvalue weighted by molar-refractivity contribution is -0.133. The number of aryl methyl sites for hydroxylation is 1. The highest BCUT2D eigenvalue weighted by Gasteiger charge is 2.18. The second-order valence-corrected chi connectivity index (χ2v) is 7.61. The number of nitrogens with one attached hydrogen (secondary N) is 1. The number of rotatable bonds is 7. The first kappa shape index (κ1) is 18.3. The molecule has 0 aliphatic carbocycles. The van der Waals surface area contributed by atoms with Gasteiger partial charge in [0.1, 0.15) is 5.82 Å². The molecule has 1 amide bonds. The fourth-order valence-corrected chi connectivity index (χ4v) is 3.69. The van der Waals surface area contributed by atoms with Gasteiger partial charge in [-0.2, -0.15) is 0 Å². The van der Waals surface area contributed by atoms with Gasteiger partial charge in [-0.15, -0.1) is 11.3 Å². The molecule has 1 aromatic carbocycles. The van der Waals surface area contributed by atoms with Crippen LogP contribution in [-0.4, -0.2) is 26.8 Å². The van der Waals surface area contributed by atoms with Gasteiger partial charge >= 0.3 is 0 Å². The number of benzene rings is 1. The van der Waals surface area contributed by atoms with Crippen molar-refractivity contribution < 1.29 is 4.79 Å². The normalized spacial score (nSPS) is 11.2. The van der Waals surface area contributed by atoms with E-state index in [1.54, 1.807) is 22.3 Å². The minimum Gasteiger partial charge on any atom is -0.333 e. The van der Waals surface area contributed by atoms with Gasteiger partial charge in [0.2, 0.25) is 5.91 Å². The van der Waals surface area contributed by atoms with Gasteiger partial charge in [0.25, 0.3) is 5.56 Å². The van der Waals surface area contributed by atoms with E-state index in [-0.39, 0.29) is 17.5 Å². The number of carbonyl (C=O) groups is 1. The summed E-state index contributed by atoms with van der Waals surface area (Å²) in [4.78, 5) is 35.3. The van der Waals surface area contributed by atoms with Crippen molar-refractivity contribution in [3.63, 3.8) is 0 Å². The Bertz CT molecular complexity index is 932. The molecule has 3 aromatic rings. The van der Waals surface area contributed by atoms with E-state index in [1.165, 1.54) is 4.88 Å². The van der Waals surface area contributed by atoms with Crippen LogP contribution in [0.5, 0.6) is 0 Å². The number of aromatic nitrogens is 2. The minimum absolute atomic E-state index is 0.0426. The van der Waals surface area contributed by atoms with Crippen LogP contribution in [0.3, 0.4) is 0 Å². The maximum absolute atomic E-state index is 12.7. The minimum atomic E-state index is -0.167. The average molecular weight is 369 g/mol. The van der Waals surface area contributed by atoms with Crippen LogP contribution < -0.4 is 5.56 Å². The van der Waals surface area contributed by atoms with Gasteiger partial charge in [0, 0.05) is 17.3 Å². The number of para-hydroxylation sites is 1. The zero-order chi connectivity index (χ0) is 18.5. The molecular formula is C20H23N3O2S. The van der Waals surface area contributed by atoms with E-state index < -0.39 is 0 Å². The molecule has 0 unspecified atom stereocenters. The van der Waals surface area contributed by atoms with Gasteiger partial charge in [0.05, 0.1) is 17.4 Å². The fourth-order valence-electron chi connectivity index (χ4n) is 2.94. The molecule has 0 bridgehead atoms. The topological polar surface area (TPSA) is 66.1 Å². The van der Waals surface area contributed by atoms with Crippen LogP contribution in [0.15, 0.2) is 46.6 Å². The van der Waals surface area contributed by atoms with E-state index in [9.17, 15) is 9.59 Å². The smallest absolute Gasteiger partial charge is 0.258 e. The van der Waals surface area contributed by atoms with Gasteiger partial charge in [-0.05, 0) is 50.3 Å². The Morgan fingerprint density at radius 3 is 2.77 bits per heavy atom. The van der Waals surface area contributed by atoms with Crippen molar-refractivity contribution >= 4 is 28.1 Å². The summed E-state index contributed by atoms with van der Waals surface area (Å²) >= 11 is 1.72. The molecule has 0 spiro atoms. The van der Waals surface area contributed by atoms with Crippen LogP contribution >= 0.6 is 11.3 Å². The number of hydrogen-bond donors (Lipinski definition) is 1. The first-order chi connectivity index (χ1) is 12.5. The van der Waals surface area contributed by atoms with Gasteiger partial charge < -0.3 is 9.88 Å². The number of amides is 1. The molecule has 0 saturated carbocycles. The van der Waals surface area contributed by atoms with Crippen LogP contribution in [-0.2, 0) is 17.8 Å². The highest BCUT2D eigenvalue weighted by molar-refractivity contribution is 7.09. The molecule has 0 saturated heterocycles. The van der Waals surface area contributed by atoms with Gasteiger partial charge in [-0.1, -0.05) is 18.2 Å². The predicted molar refractivity (Wildman–Crippen MR) is 105 cm³/mol. The van der Waals surface area contributed by atoms with E-state index in [0.29, 0.717) is 29.7 Å². The molecule has 1 N–H and O–H groups in total. The lowest BCUT2D eigenvalue weighted by Crippen LogP contribution is -2.37. The van der Waals surface area contributed by atoms with Crippen molar-refractivity contribution in [2.75, 3.05) is 0 Å². The zero-order valence-corrected chi connectivity index (χ0v) is 15.9. The standard InChI is InChI=1S/C20H23N3O2S/c1-14(2)23(19(24)11-5-7-15-8-6-12-26-15)13-18-21-17-10-4-3-9-16(17)20(25)22-18/h3-4,6,8-10,12,14H,5,7,11,13H2,1-2H3,(H,21,22,25). The number of nitrogens with zero attached hydrogens (tertiary/aromatic N) is 2. The third-order valence-electron chi connectivity index (χ3n) is 4.32. The van der Waals surface area contributed by atoms with Gasteiger partial charge in [-0.3, -0.25) is 9.59 Å². The molecule has 0 radical (unpaired) electrons. The summed E-state index contributed by atoms with van der Waals surface area (Å²) in [5, 5.41) is 2.62. The summed E-state index contributed by atoms with van der Waals surface area (Å²) in [6, 6.07) is 11.4. The lowest BCUT2D eigenvalue weighted by atomic mass is 10.1. The molecule has 2 aromatic heterocycles. The number of H-pyrrole nitrogens is 1. The third-order valence-corrected chi connectivity index (χ3v) is 5.26. The fraction of sp³-hybridized carbons (Fsp3) is 0.350. The first-order valence-electron chi connectivity index (χ1n) is 8.84. The lowest BCUT2D eigenvalue weighted by Gasteiger charge is -2.26. The summed E-state index contributed by atoms with van der Waals surface area (Å²) in [5.74, 6) is 0.612. The number of hydrogen-bond acceptors (Lipinski definition) is 4. The Balaban J connectivity index is 1.69. The Hall–Kier alpha value is -2.47. The molecule has 6 heteroatoms. The molecular weight excluding hydrogens is 346 g/mol. The van der Waals surface area contributed by atoms with E-state index in [0.717, 1.165) is 12.8 Å². The Kier molecular flexibility index (Phi) is 5.83. The van der Waals surface area contributed by atoms with Crippen molar-refractivity contribution in [2.45, 2.75) is 45.7 Å². The maximum Gasteiger partial charge on any atom is 0.258 e. The van der Waals surface area contributed by atoms with Crippen LogP contribution in [0.2, 0.25) is 0 Å². The van der Waals surface area contributed by atoms with Crippen molar-refractivity contribution in [2.24, 2.45) is 0 Å². The second kappa shape index (κ2) is 8.27. The highest BCUT2D eigenvalue weighted by atomic mass is 32.1. The Labute approximate surface area is 156 Å². The predicted octanol–water partition coefficient (Wildman–Crippen LogP) is 3.74. The Morgan fingerprint density at radius 2 is 2.04 bits per heavy atom. The monoisotopic (exact) mass is 369 g/mol. The molecule has 2 heterocycles. The molecule has 5 nitrogen and oxygen atoms in total. The summed E-state index contributed by atoms with van der Waals surface area (Å²) in [6.07, 6.45) is 2.23. The van der Waals surface area contributed by atoms with Gasteiger partial charge in [0.15, 0.2) is 0 Å². The summed E-state index contributed by atoms with van der Waals surface area (Å²) in [7, 11) is 0. The van der Waals surface area contributed by atoms with Crippen LogP contribution in [0.25, 0.3) is 10.9 Å². The summed E-state index contributed by atoms with van der Waals surface area (Å²) in [5.41, 5.74) is 0.486. The van der Waals surface area contributed by atoms with E-state index >= 15 is 0 Å². The number of aromatic amines is 1. The Morgan fingerprint density at radius 1 is 1.23 bits per heavy atom. The average Bonchev–Trinajstić information content (AvgIpc) is 3.13. The van der Waals surface area contributed by atoms with Crippen LogP contribution in [0.1, 0.15) is 37.4 Å². The third kappa shape index (κ3) is 4.38. The second-order valence-electron chi connectivity index (χ2n) is 6.58. The summed E-state index contributed by atoms with van der Waals surface area (Å²) in [6.45, 7) is 4.28. The molecule has 3 rings (SSSR count). The number of thiophene rings is 1.